The number of nitrogens with one attached hydrogen (secondary N) is 2. The summed E-state index contributed by atoms with van der Waals surface area (Å²) in [6, 6.07) is 12.6. The Morgan fingerprint density at radius 2 is 1.86 bits per heavy atom. The van der Waals surface area contributed by atoms with Gasteiger partial charge in [0.15, 0.2) is 5.11 Å². The number of thiocarbonyl (C=S) groups is 1. The van der Waals surface area contributed by atoms with E-state index >= 15 is 0 Å². The predicted molar refractivity (Wildman–Crippen MR) is 90.0 cm³/mol. The molecule has 0 fully saturated rings. The lowest BCUT2D eigenvalue weighted by molar-refractivity contribution is 0.627. The summed E-state index contributed by atoms with van der Waals surface area (Å²) in [5.74, 6) is -0.230. The second-order valence-electron chi connectivity index (χ2n) is 4.90. The molecule has 0 aliphatic heterocycles. The van der Waals surface area contributed by atoms with Gasteiger partial charge in [-0.1, -0.05) is 37.3 Å². The topological polar surface area (TPSA) is 24.1 Å². The average Bonchev–Trinajstić information content (AvgIpc) is 2.49. The zero-order chi connectivity index (χ0) is 15.2. The van der Waals surface area contributed by atoms with Crippen LogP contribution >= 0.6 is 12.2 Å². The van der Waals surface area contributed by atoms with Crippen molar-refractivity contribution in [3.05, 3.63) is 65.0 Å². The first-order chi connectivity index (χ1) is 10.1. The number of aryl methyl sites for hydroxylation is 2. The quantitative estimate of drug-likeness (QED) is 0.828. The molecule has 0 aliphatic carbocycles. The molecule has 2 nitrogen and oxygen atoms in total. The standard InChI is InChI=1S/C17H19FN2S/c1-3-14-6-4-5-12(2)16(14)20-17(21)19-11-13-7-9-15(18)10-8-13/h4-10H,3,11H2,1-2H3,(H2,19,20,21). The van der Waals surface area contributed by atoms with E-state index in [1.807, 2.05) is 6.07 Å². The first-order valence-electron chi connectivity index (χ1n) is 6.98. The van der Waals surface area contributed by atoms with E-state index in [4.69, 9.17) is 12.2 Å². The number of benzene rings is 2. The van der Waals surface area contributed by atoms with Crippen molar-refractivity contribution < 1.29 is 4.39 Å². The molecule has 21 heavy (non-hydrogen) atoms. The molecule has 0 spiro atoms. The van der Waals surface area contributed by atoms with Crippen LogP contribution in [-0.2, 0) is 13.0 Å². The van der Waals surface area contributed by atoms with Crippen LogP contribution in [0.15, 0.2) is 42.5 Å². The summed E-state index contributed by atoms with van der Waals surface area (Å²) in [7, 11) is 0. The molecule has 2 rings (SSSR count). The lowest BCUT2D eigenvalue weighted by Gasteiger charge is -2.15. The third-order valence-electron chi connectivity index (χ3n) is 3.34. The van der Waals surface area contributed by atoms with E-state index in [1.165, 1.54) is 23.3 Å². The van der Waals surface area contributed by atoms with Gasteiger partial charge in [-0.3, -0.25) is 0 Å². The van der Waals surface area contributed by atoms with E-state index in [1.54, 1.807) is 12.1 Å². The lowest BCUT2D eigenvalue weighted by atomic mass is 10.1. The van der Waals surface area contributed by atoms with Crippen LogP contribution in [0.25, 0.3) is 0 Å². The molecule has 0 aliphatic rings. The van der Waals surface area contributed by atoms with Crippen LogP contribution < -0.4 is 10.6 Å². The Hall–Kier alpha value is -1.94. The minimum Gasteiger partial charge on any atom is -0.358 e. The van der Waals surface area contributed by atoms with Crippen molar-refractivity contribution in [2.75, 3.05) is 5.32 Å². The van der Waals surface area contributed by atoms with E-state index in [0.717, 1.165) is 17.7 Å². The van der Waals surface area contributed by atoms with E-state index in [9.17, 15) is 4.39 Å². The van der Waals surface area contributed by atoms with Crippen molar-refractivity contribution in [3.63, 3.8) is 0 Å². The largest absolute Gasteiger partial charge is 0.358 e. The molecule has 0 saturated heterocycles. The summed E-state index contributed by atoms with van der Waals surface area (Å²) < 4.78 is 12.8. The molecule has 0 amide bonds. The number of hydrogen-bond donors (Lipinski definition) is 2. The summed E-state index contributed by atoms with van der Waals surface area (Å²) in [5.41, 5.74) is 4.46. The van der Waals surface area contributed by atoms with Gasteiger partial charge in [0, 0.05) is 12.2 Å². The maximum atomic E-state index is 12.8. The van der Waals surface area contributed by atoms with Gasteiger partial charge >= 0.3 is 0 Å². The number of halogens is 1. The molecule has 2 N–H and O–H groups in total. The fourth-order valence-electron chi connectivity index (χ4n) is 2.14. The van der Waals surface area contributed by atoms with Crippen molar-refractivity contribution >= 4 is 23.0 Å². The van der Waals surface area contributed by atoms with Gasteiger partial charge in [-0.15, -0.1) is 0 Å². The maximum absolute atomic E-state index is 12.8. The van der Waals surface area contributed by atoms with Crippen LogP contribution in [0, 0.1) is 12.7 Å². The highest BCUT2D eigenvalue weighted by Gasteiger charge is 2.06. The first kappa shape index (κ1) is 15.4. The Morgan fingerprint density at radius 3 is 2.52 bits per heavy atom. The van der Waals surface area contributed by atoms with Crippen molar-refractivity contribution in [2.24, 2.45) is 0 Å². The summed E-state index contributed by atoms with van der Waals surface area (Å²) in [6.07, 6.45) is 0.949. The van der Waals surface area contributed by atoms with Gasteiger partial charge in [-0.2, -0.15) is 0 Å². The zero-order valence-corrected chi connectivity index (χ0v) is 13.1. The van der Waals surface area contributed by atoms with Crippen LogP contribution in [0.3, 0.4) is 0 Å². The average molecular weight is 302 g/mol. The lowest BCUT2D eigenvalue weighted by Crippen LogP contribution is -2.28. The van der Waals surface area contributed by atoms with Crippen LogP contribution in [0.5, 0.6) is 0 Å². The molecule has 2 aromatic carbocycles. The zero-order valence-electron chi connectivity index (χ0n) is 12.2. The highest BCUT2D eigenvalue weighted by Crippen LogP contribution is 2.20. The van der Waals surface area contributed by atoms with Gasteiger partial charge in [0.2, 0.25) is 0 Å². The second-order valence-corrected chi connectivity index (χ2v) is 5.30. The normalized spacial score (nSPS) is 10.2. The molecule has 0 unspecified atom stereocenters. The molecule has 0 bridgehead atoms. The number of para-hydroxylation sites is 1. The summed E-state index contributed by atoms with van der Waals surface area (Å²) >= 11 is 5.33. The Balaban J connectivity index is 1.97. The summed E-state index contributed by atoms with van der Waals surface area (Å²) in [5, 5.41) is 6.97. The van der Waals surface area contributed by atoms with Gasteiger partial charge < -0.3 is 10.6 Å². The SMILES string of the molecule is CCc1cccc(C)c1NC(=S)NCc1ccc(F)cc1. The van der Waals surface area contributed by atoms with Crippen LogP contribution in [0.1, 0.15) is 23.6 Å². The van der Waals surface area contributed by atoms with Gasteiger partial charge in [0.05, 0.1) is 0 Å². The van der Waals surface area contributed by atoms with Crippen LogP contribution in [0.4, 0.5) is 10.1 Å². The molecule has 0 saturated carbocycles. The monoisotopic (exact) mass is 302 g/mol. The fourth-order valence-corrected chi connectivity index (χ4v) is 2.32. The van der Waals surface area contributed by atoms with Gasteiger partial charge in [-0.05, 0) is 54.4 Å². The molecule has 0 heterocycles. The summed E-state index contributed by atoms with van der Waals surface area (Å²) in [4.78, 5) is 0. The van der Waals surface area contributed by atoms with Crippen molar-refractivity contribution in [2.45, 2.75) is 26.8 Å². The van der Waals surface area contributed by atoms with Gasteiger partial charge in [-0.25, -0.2) is 4.39 Å². The van der Waals surface area contributed by atoms with Gasteiger partial charge in [0.25, 0.3) is 0 Å². The molecule has 0 aromatic heterocycles. The smallest absolute Gasteiger partial charge is 0.171 e. The number of rotatable bonds is 4. The molecular formula is C17H19FN2S. The van der Waals surface area contributed by atoms with Crippen molar-refractivity contribution in [1.29, 1.82) is 0 Å². The molecule has 0 atom stereocenters. The highest BCUT2D eigenvalue weighted by molar-refractivity contribution is 7.80. The van der Waals surface area contributed by atoms with E-state index in [0.29, 0.717) is 11.7 Å². The Kier molecular flexibility index (Phi) is 5.28. The molecule has 0 radical (unpaired) electrons. The molecular weight excluding hydrogens is 283 g/mol. The highest BCUT2D eigenvalue weighted by atomic mass is 32.1. The van der Waals surface area contributed by atoms with Crippen molar-refractivity contribution in [1.82, 2.24) is 5.32 Å². The third-order valence-corrected chi connectivity index (χ3v) is 3.59. The van der Waals surface area contributed by atoms with Gasteiger partial charge in [0.1, 0.15) is 5.82 Å². The Labute approximate surface area is 130 Å². The second kappa shape index (κ2) is 7.18. The fraction of sp³-hybridized carbons (Fsp3) is 0.235. The molecule has 110 valence electrons. The minimum absolute atomic E-state index is 0.230. The van der Waals surface area contributed by atoms with E-state index < -0.39 is 0 Å². The first-order valence-corrected chi connectivity index (χ1v) is 7.38. The molecule has 4 heteroatoms. The van der Waals surface area contributed by atoms with Crippen LogP contribution in [-0.4, -0.2) is 5.11 Å². The van der Waals surface area contributed by atoms with Crippen LogP contribution in [0.2, 0.25) is 0 Å². The molecule has 2 aromatic rings. The predicted octanol–water partition coefficient (Wildman–Crippen LogP) is 4.18. The minimum atomic E-state index is -0.230. The third kappa shape index (κ3) is 4.26. The Morgan fingerprint density at radius 1 is 1.14 bits per heavy atom. The number of anilines is 1. The van der Waals surface area contributed by atoms with E-state index in [-0.39, 0.29) is 5.82 Å². The maximum Gasteiger partial charge on any atom is 0.171 e. The summed E-state index contributed by atoms with van der Waals surface area (Å²) in [6.45, 7) is 4.75. The van der Waals surface area contributed by atoms with Crippen molar-refractivity contribution in [3.8, 4) is 0 Å². The Bertz CT molecular complexity index is 623. The number of hydrogen-bond acceptors (Lipinski definition) is 1. The van der Waals surface area contributed by atoms with E-state index in [2.05, 4.69) is 36.6 Å².